The molecule has 0 rings (SSSR count). The Hall–Kier alpha value is -0.780. The Morgan fingerprint density at radius 2 is 1.71 bits per heavy atom. The minimum atomic E-state index is -4.39. The summed E-state index contributed by atoms with van der Waals surface area (Å²) in [7, 11) is 0. The minimum Gasteiger partial charge on any atom is -0.332 e. The second-order valence-electron chi connectivity index (χ2n) is 5.00. The van der Waals surface area contributed by atoms with Crippen molar-refractivity contribution in [3.05, 3.63) is 0 Å². The zero-order valence-corrected chi connectivity index (χ0v) is 10.7. The molecular weight excluding hydrogens is 233 g/mol. The van der Waals surface area contributed by atoms with E-state index in [2.05, 4.69) is 0 Å². The molecule has 1 amide bonds. The molecule has 0 aliphatic rings. The van der Waals surface area contributed by atoms with Gasteiger partial charge < -0.3 is 10.6 Å². The van der Waals surface area contributed by atoms with E-state index >= 15 is 0 Å². The number of carbonyl (C=O) groups is 1. The predicted molar refractivity (Wildman–Crippen MR) is 60.3 cm³/mol. The van der Waals surface area contributed by atoms with Crippen LogP contribution in [0.1, 0.15) is 27.7 Å². The summed E-state index contributed by atoms with van der Waals surface area (Å²) in [6.07, 6.45) is -4.39. The normalized spacial score (nSPS) is 14.2. The summed E-state index contributed by atoms with van der Waals surface area (Å²) >= 11 is 0. The molecule has 0 spiro atoms. The van der Waals surface area contributed by atoms with Crippen molar-refractivity contribution in [1.29, 1.82) is 0 Å². The van der Waals surface area contributed by atoms with Crippen molar-refractivity contribution in [2.45, 2.75) is 39.9 Å². The number of rotatable bonds is 5. The summed E-state index contributed by atoms with van der Waals surface area (Å²) in [6, 6.07) is -0.879. The van der Waals surface area contributed by atoms with Crippen LogP contribution in [-0.4, -0.2) is 36.1 Å². The van der Waals surface area contributed by atoms with Gasteiger partial charge in [-0.1, -0.05) is 27.7 Å². The molecule has 1 atom stereocenters. The summed E-state index contributed by atoms with van der Waals surface area (Å²) in [6.45, 7) is 5.78. The number of carbonyl (C=O) groups excluding carboxylic acids is 1. The second kappa shape index (κ2) is 6.23. The molecule has 0 unspecified atom stereocenters. The van der Waals surface area contributed by atoms with E-state index in [0.717, 1.165) is 4.90 Å². The van der Waals surface area contributed by atoms with Gasteiger partial charge in [0, 0.05) is 6.54 Å². The van der Waals surface area contributed by atoms with Crippen LogP contribution in [0.15, 0.2) is 0 Å². The number of amides is 1. The molecule has 0 radical (unpaired) electrons. The van der Waals surface area contributed by atoms with E-state index in [0.29, 0.717) is 0 Å². The number of hydrogen-bond acceptors (Lipinski definition) is 2. The van der Waals surface area contributed by atoms with Crippen LogP contribution in [0.2, 0.25) is 0 Å². The highest BCUT2D eigenvalue weighted by atomic mass is 19.4. The molecule has 0 bridgehead atoms. The summed E-state index contributed by atoms with van der Waals surface area (Å²) in [5.74, 6) is -0.836. The number of hydrogen-bond donors (Lipinski definition) is 1. The van der Waals surface area contributed by atoms with Gasteiger partial charge in [-0.05, 0) is 11.8 Å². The van der Waals surface area contributed by atoms with Gasteiger partial charge in [-0.15, -0.1) is 0 Å². The van der Waals surface area contributed by atoms with Crippen LogP contribution in [0, 0.1) is 11.8 Å². The predicted octanol–water partition coefficient (Wildman–Crippen LogP) is 2.02. The maximum Gasteiger partial charge on any atom is 0.406 e. The smallest absolute Gasteiger partial charge is 0.332 e. The van der Waals surface area contributed by atoms with Crippen molar-refractivity contribution in [2.24, 2.45) is 17.6 Å². The van der Waals surface area contributed by atoms with Crippen molar-refractivity contribution in [3.8, 4) is 0 Å². The van der Waals surface area contributed by atoms with Gasteiger partial charge in [-0.25, -0.2) is 0 Å². The molecular formula is C11H21F3N2O. The minimum absolute atomic E-state index is 0.0272. The molecule has 0 fully saturated rings. The van der Waals surface area contributed by atoms with Crippen LogP contribution in [0.3, 0.4) is 0 Å². The van der Waals surface area contributed by atoms with Gasteiger partial charge in [0.05, 0.1) is 6.04 Å². The van der Waals surface area contributed by atoms with Crippen LogP contribution in [0.25, 0.3) is 0 Å². The molecule has 0 aliphatic heterocycles. The summed E-state index contributed by atoms with van der Waals surface area (Å²) in [5, 5.41) is 0. The average Bonchev–Trinajstić information content (AvgIpc) is 2.11. The summed E-state index contributed by atoms with van der Waals surface area (Å²) in [5.41, 5.74) is 5.60. The SMILES string of the molecule is CC(C)CN(CC(F)(F)F)C(=O)[C@H](N)C(C)C. The molecule has 6 heteroatoms. The molecule has 17 heavy (non-hydrogen) atoms. The maximum absolute atomic E-state index is 12.3. The largest absolute Gasteiger partial charge is 0.406 e. The highest BCUT2D eigenvalue weighted by Gasteiger charge is 2.35. The maximum atomic E-state index is 12.3. The van der Waals surface area contributed by atoms with Crippen LogP contribution >= 0.6 is 0 Å². The molecule has 102 valence electrons. The van der Waals surface area contributed by atoms with E-state index in [9.17, 15) is 18.0 Å². The topological polar surface area (TPSA) is 46.3 Å². The van der Waals surface area contributed by atoms with E-state index in [1.807, 2.05) is 0 Å². The van der Waals surface area contributed by atoms with Gasteiger partial charge in [0.25, 0.3) is 0 Å². The Kier molecular flexibility index (Phi) is 5.95. The van der Waals surface area contributed by atoms with E-state index < -0.39 is 24.7 Å². The summed E-state index contributed by atoms with van der Waals surface area (Å²) in [4.78, 5) is 12.6. The highest BCUT2D eigenvalue weighted by molar-refractivity contribution is 5.82. The van der Waals surface area contributed by atoms with E-state index in [4.69, 9.17) is 5.73 Å². The first-order valence-corrected chi connectivity index (χ1v) is 5.65. The summed E-state index contributed by atoms with van der Waals surface area (Å²) < 4.78 is 37.0. The van der Waals surface area contributed by atoms with Crippen LogP contribution in [0.5, 0.6) is 0 Å². The van der Waals surface area contributed by atoms with Crippen LogP contribution in [0.4, 0.5) is 13.2 Å². The van der Waals surface area contributed by atoms with Crippen molar-refractivity contribution in [3.63, 3.8) is 0 Å². The van der Waals surface area contributed by atoms with Gasteiger partial charge in [-0.2, -0.15) is 13.2 Å². The fourth-order valence-corrected chi connectivity index (χ4v) is 1.39. The lowest BCUT2D eigenvalue weighted by molar-refractivity contribution is -0.163. The lowest BCUT2D eigenvalue weighted by Crippen LogP contribution is -2.50. The number of nitrogens with two attached hydrogens (primary N) is 1. The number of halogens is 3. The van der Waals surface area contributed by atoms with Gasteiger partial charge in [0.2, 0.25) is 5.91 Å². The Labute approximate surface area is 100 Å². The Balaban J connectivity index is 4.74. The lowest BCUT2D eigenvalue weighted by Gasteiger charge is -2.29. The molecule has 0 heterocycles. The highest BCUT2D eigenvalue weighted by Crippen LogP contribution is 2.18. The first kappa shape index (κ1) is 16.2. The molecule has 0 saturated heterocycles. The Morgan fingerprint density at radius 3 is 2.00 bits per heavy atom. The monoisotopic (exact) mass is 254 g/mol. The fraction of sp³-hybridized carbons (Fsp3) is 0.909. The third-order valence-electron chi connectivity index (χ3n) is 2.27. The third-order valence-corrected chi connectivity index (χ3v) is 2.27. The van der Waals surface area contributed by atoms with Crippen LogP contribution in [-0.2, 0) is 4.79 Å². The van der Waals surface area contributed by atoms with Crippen molar-refractivity contribution in [2.75, 3.05) is 13.1 Å². The van der Waals surface area contributed by atoms with Gasteiger partial charge in [0.15, 0.2) is 0 Å². The number of nitrogens with zero attached hydrogens (tertiary/aromatic N) is 1. The molecule has 0 aromatic carbocycles. The van der Waals surface area contributed by atoms with E-state index in [-0.39, 0.29) is 18.4 Å². The standard InChI is InChI=1S/C11H21F3N2O/c1-7(2)5-16(6-11(12,13)14)10(17)9(15)8(3)4/h7-9H,5-6,15H2,1-4H3/t9-/m1/s1. The zero-order valence-electron chi connectivity index (χ0n) is 10.7. The molecule has 0 aliphatic carbocycles. The Morgan fingerprint density at radius 1 is 1.24 bits per heavy atom. The van der Waals surface area contributed by atoms with E-state index in [1.165, 1.54) is 0 Å². The van der Waals surface area contributed by atoms with Crippen LogP contribution < -0.4 is 5.73 Å². The fourth-order valence-electron chi connectivity index (χ4n) is 1.39. The molecule has 3 nitrogen and oxygen atoms in total. The molecule has 0 saturated carbocycles. The molecule has 0 aromatic heterocycles. The van der Waals surface area contributed by atoms with Crippen molar-refractivity contribution < 1.29 is 18.0 Å². The van der Waals surface area contributed by atoms with Gasteiger partial charge in [-0.3, -0.25) is 4.79 Å². The first-order valence-electron chi connectivity index (χ1n) is 5.65. The second-order valence-corrected chi connectivity index (χ2v) is 5.00. The molecule has 0 aromatic rings. The third kappa shape index (κ3) is 6.51. The Bertz CT molecular complexity index is 252. The van der Waals surface area contributed by atoms with Gasteiger partial charge in [0.1, 0.15) is 6.54 Å². The van der Waals surface area contributed by atoms with Gasteiger partial charge >= 0.3 is 6.18 Å². The molecule has 2 N–H and O–H groups in total. The average molecular weight is 254 g/mol. The number of alkyl halides is 3. The van der Waals surface area contributed by atoms with Crippen molar-refractivity contribution in [1.82, 2.24) is 4.90 Å². The van der Waals surface area contributed by atoms with E-state index in [1.54, 1.807) is 27.7 Å². The zero-order chi connectivity index (χ0) is 13.8. The van der Waals surface area contributed by atoms with Crippen molar-refractivity contribution >= 4 is 5.91 Å². The lowest BCUT2D eigenvalue weighted by atomic mass is 10.0. The quantitative estimate of drug-likeness (QED) is 0.815. The first-order chi connectivity index (χ1) is 7.54.